The number of likely N-dealkylation sites (N-methyl/N-ethyl adjacent to an activating group) is 1. The highest BCUT2D eigenvalue weighted by molar-refractivity contribution is 7.99. The topological polar surface area (TPSA) is 49.4 Å². The van der Waals surface area contributed by atoms with Crippen molar-refractivity contribution >= 4 is 58.4 Å². The number of carbonyl (C=O) groups is 2. The molecule has 35 heavy (non-hydrogen) atoms. The zero-order valence-electron chi connectivity index (χ0n) is 19.3. The number of nitrogens with zero attached hydrogens (tertiary/aromatic N) is 1. The van der Waals surface area contributed by atoms with E-state index >= 15 is 0 Å². The van der Waals surface area contributed by atoms with Gasteiger partial charge in [0.05, 0.1) is 10.0 Å². The van der Waals surface area contributed by atoms with Crippen molar-refractivity contribution in [1.29, 1.82) is 0 Å². The Balaban J connectivity index is 1.84. The van der Waals surface area contributed by atoms with E-state index in [4.69, 9.17) is 34.8 Å². The SMILES string of the molecule is CCNC(=O)[C@H](Cc1ccccc1)N(Cc1ccc(Cl)c(Cl)c1)C(=O)CCSc1ccc(Cl)cc1. The lowest BCUT2D eigenvalue weighted by molar-refractivity contribution is -0.140. The first-order valence-electron chi connectivity index (χ1n) is 11.3. The largest absolute Gasteiger partial charge is 0.355 e. The van der Waals surface area contributed by atoms with E-state index < -0.39 is 6.04 Å². The van der Waals surface area contributed by atoms with Crippen molar-refractivity contribution in [3.63, 3.8) is 0 Å². The zero-order chi connectivity index (χ0) is 25.2. The first-order chi connectivity index (χ1) is 16.9. The molecule has 2 amide bonds. The lowest BCUT2D eigenvalue weighted by Gasteiger charge is -2.31. The van der Waals surface area contributed by atoms with Crippen LogP contribution in [0.2, 0.25) is 15.1 Å². The van der Waals surface area contributed by atoms with Gasteiger partial charge in [-0.1, -0.05) is 71.2 Å². The Hall–Kier alpha value is -2.18. The quantitative estimate of drug-likeness (QED) is 0.265. The summed E-state index contributed by atoms with van der Waals surface area (Å²) in [7, 11) is 0. The van der Waals surface area contributed by atoms with Gasteiger partial charge in [-0.2, -0.15) is 0 Å². The number of rotatable bonds is 11. The molecule has 0 unspecified atom stereocenters. The minimum atomic E-state index is -0.667. The van der Waals surface area contributed by atoms with Gasteiger partial charge in [-0.05, 0) is 54.4 Å². The van der Waals surface area contributed by atoms with E-state index in [1.807, 2.05) is 67.6 Å². The summed E-state index contributed by atoms with van der Waals surface area (Å²) >= 11 is 19.9. The summed E-state index contributed by atoms with van der Waals surface area (Å²) in [4.78, 5) is 29.4. The molecular weight excluding hydrogens is 523 g/mol. The molecule has 0 aliphatic rings. The van der Waals surface area contributed by atoms with Crippen molar-refractivity contribution in [1.82, 2.24) is 10.2 Å². The second-order valence-corrected chi connectivity index (χ2v) is 10.3. The third-order valence-electron chi connectivity index (χ3n) is 5.36. The predicted molar refractivity (Wildman–Crippen MR) is 146 cm³/mol. The average Bonchev–Trinajstić information content (AvgIpc) is 2.85. The fourth-order valence-corrected chi connectivity index (χ4v) is 4.90. The van der Waals surface area contributed by atoms with Crippen LogP contribution < -0.4 is 5.32 Å². The average molecular weight is 550 g/mol. The van der Waals surface area contributed by atoms with Gasteiger partial charge < -0.3 is 10.2 Å². The second-order valence-electron chi connectivity index (χ2n) is 7.92. The summed E-state index contributed by atoms with van der Waals surface area (Å²) in [6.45, 7) is 2.59. The van der Waals surface area contributed by atoms with Gasteiger partial charge in [0, 0.05) is 41.6 Å². The Kier molecular flexibility index (Phi) is 10.8. The Morgan fingerprint density at radius 3 is 2.29 bits per heavy atom. The number of carbonyl (C=O) groups excluding carboxylic acids is 2. The molecule has 1 atom stereocenters. The fraction of sp³-hybridized carbons (Fsp3) is 0.259. The van der Waals surface area contributed by atoms with Crippen LogP contribution in [0, 0.1) is 0 Å². The van der Waals surface area contributed by atoms with E-state index in [9.17, 15) is 9.59 Å². The van der Waals surface area contributed by atoms with E-state index in [0.717, 1.165) is 16.0 Å². The zero-order valence-corrected chi connectivity index (χ0v) is 22.4. The lowest BCUT2D eigenvalue weighted by atomic mass is 10.0. The number of hydrogen-bond donors (Lipinski definition) is 1. The van der Waals surface area contributed by atoms with Crippen molar-refractivity contribution in [2.75, 3.05) is 12.3 Å². The van der Waals surface area contributed by atoms with Crippen LogP contribution in [-0.4, -0.2) is 35.1 Å². The molecule has 1 N–H and O–H groups in total. The molecule has 0 aromatic heterocycles. The van der Waals surface area contributed by atoms with Gasteiger partial charge in [0.2, 0.25) is 11.8 Å². The van der Waals surface area contributed by atoms with Crippen molar-refractivity contribution in [2.45, 2.75) is 37.2 Å². The van der Waals surface area contributed by atoms with Gasteiger partial charge in [-0.25, -0.2) is 0 Å². The summed E-state index contributed by atoms with van der Waals surface area (Å²) in [5, 5.41) is 4.42. The molecule has 0 bridgehead atoms. The Bertz CT molecular complexity index is 1130. The Morgan fingerprint density at radius 1 is 0.914 bits per heavy atom. The third-order valence-corrected chi connectivity index (χ3v) is 7.36. The number of thioether (sulfide) groups is 1. The van der Waals surface area contributed by atoms with Crippen LogP contribution in [0.1, 0.15) is 24.5 Å². The van der Waals surface area contributed by atoms with Crippen LogP contribution in [0.5, 0.6) is 0 Å². The molecule has 3 rings (SSSR count). The summed E-state index contributed by atoms with van der Waals surface area (Å²) in [6, 6.07) is 21.8. The van der Waals surface area contributed by atoms with Crippen LogP contribution in [0.3, 0.4) is 0 Å². The van der Waals surface area contributed by atoms with Crippen LogP contribution in [0.4, 0.5) is 0 Å². The number of halogens is 3. The van der Waals surface area contributed by atoms with Crippen LogP contribution >= 0.6 is 46.6 Å². The van der Waals surface area contributed by atoms with Crippen molar-refractivity contribution in [2.24, 2.45) is 0 Å². The number of hydrogen-bond acceptors (Lipinski definition) is 3. The maximum atomic E-state index is 13.5. The minimum absolute atomic E-state index is 0.107. The number of amides is 2. The molecule has 0 aliphatic carbocycles. The highest BCUT2D eigenvalue weighted by Crippen LogP contribution is 2.25. The van der Waals surface area contributed by atoms with Crippen LogP contribution in [0.15, 0.2) is 77.7 Å². The van der Waals surface area contributed by atoms with E-state index in [2.05, 4.69) is 5.32 Å². The molecule has 0 radical (unpaired) electrons. The first-order valence-corrected chi connectivity index (χ1v) is 13.4. The third kappa shape index (κ3) is 8.46. The monoisotopic (exact) mass is 548 g/mol. The molecule has 0 spiro atoms. The molecular formula is C27H27Cl3N2O2S. The van der Waals surface area contributed by atoms with E-state index in [1.165, 1.54) is 0 Å². The Morgan fingerprint density at radius 2 is 1.63 bits per heavy atom. The molecule has 0 fully saturated rings. The minimum Gasteiger partial charge on any atom is -0.355 e. The summed E-state index contributed by atoms with van der Waals surface area (Å²) in [5.74, 6) is 0.283. The van der Waals surface area contributed by atoms with Crippen LogP contribution in [0.25, 0.3) is 0 Å². The van der Waals surface area contributed by atoms with Gasteiger partial charge >= 0.3 is 0 Å². The van der Waals surface area contributed by atoms with E-state index in [1.54, 1.807) is 28.8 Å². The molecule has 0 saturated heterocycles. The number of benzene rings is 3. The summed E-state index contributed by atoms with van der Waals surface area (Å²) in [6.07, 6.45) is 0.684. The first kappa shape index (κ1) is 27.4. The van der Waals surface area contributed by atoms with Crippen LogP contribution in [-0.2, 0) is 22.6 Å². The molecule has 0 heterocycles. The highest BCUT2D eigenvalue weighted by Gasteiger charge is 2.30. The normalized spacial score (nSPS) is 11.7. The smallest absolute Gasteiger partial charge is 0.243 e. The molecule has 8 heteroatoms. The van der Waals surface area contributed by atoms with Crippen molar-refractivity contribution in [3.8, 4) is 0 Å². The summed E-state index contributed by atoms with van der Waals surface area (Å²) < 4.78 is 0. The molecule has 4 nitrogen and oxygen atoms in total. The van der Waals surface area contributed by atoms with Crippen molar-refractivity contribution < 1.29 is 9.59 Å². The number of nitrogens with one attached hydrogen (secondary N) is 1. The van der Waals surface area contributed by atoms with Crippen molar-refractivity contribution in [3.05, 3.63) is 99.0 Å². The molecule has 0 saturated carbocycles. The molecule has 0 aliphatic heterocycles. The maximum Gasteiger partial charge on any atom is 0.243 e. The molecule has 184 valence electrons. The van der Waals surface area contributed by atoms with E-state index in [0.29, 0.717) is 33.8 Å². The van der Waals surface area contributed by atoms with Gasteiger partial charge in [-0.3, -0.25) is 9.59 Å². The predicted octanol–water partition coefficient (Wildman–Crippen LogP) is 6.91. The van der Waals surface area contributed by atoms with Gasteiger partial charge in [0.15, 0.2) is 0 Å². The van der Waals surface area contributed by atoms with Gasteiger partial charge in [0.25, 0.3) is 0 Å². The lowest BCUT2D eigenvalue weighted by Crippen LogP contribution is -2.50. The maximum absolute atomic E-state index is 13.5. The van der Waals surface area contributed by atoms with Gasteiger partial charge in [0.1, 0.15) is 6.04 Å². The second kappa shape index (κ2) is 13.8. The molecule has 3 aromatic carbocycles. The Labute approximate surface area is 225 Å². The fourth-order valence-electron chi connectivity index (χ4n) is 3.61. The highest BCUT2D eigenvalue weighted by atomic mass is 35.5. The summed E-state index contributed by atoms with van der Waals surface area (Å²) in [5.41, 5.74) is 1.78. The van der Waals surface area contributed by atoms with Gasteiger partial charge in [-0.15, -0.1) is 11.8 Å². The van der Waals surface area contributed by atoms with E-state index in [-0.39, 0.29) is 24.8 Å². The molecule has 3 aromatic rings. The standard InChI is InChI=1S/C27H27Cl3N2O2S/c1-2-31-27(34)25(17-19-6-4-3-5-7-19)32(18-20-8-13-23(29)24(30)16-20)26(33)14-15-35-22-11-9-21(28)10-12-22/h3-13,16,25H,2,14-15,17-18H2,1H3,(H,31,34)/t25-/m0/s1.